The first-order valence-electron chi connectivity index (χ1n) is 5.47. The quantitative estimate of drug-likeness (QED) is 0.828. The molecule has 0 unspecified atom stereocenters. The Hall–Kier alpha value is -1.81. The molecule has 4 nitrogen and oxygen atoms in total. The van der Waals surface area contributed by atoms with Gasteiger partial charge in [-0.2, -0.15) is 0 Å². The highest BCUT2D eigenvalue weighted by molar-refractivity contribution is 5.69. The molecular formula is C13H14O4. The molecule has 0 amide bonds. The topological polar surface area (TPSA) is 66.8 Å². The molecule has 0 aromatic heterocycles. The van der Waals surface area contributed by atoms with E-state index in [0.717, 1.165) is 29.5 Å². The molecule has 2 N–H and O–H groups in total. The maximum absolute atomic E-state index is 10.5. The summed E-state index contributed by atoms with van der Waals surface area (Å²) in [5.74, 6) is -0.358. The Morgan fingerprint density at radius 2 is 2.18 bits per heavy atom. The van der Waals surface area contributed by atoms with Gasteiger partial charge in [0.1, 0.15) is 5.75 Å². The lowest BCUT2D eigenvalue weighted by atomic mass is 9.92. The van der Waals surface area contributed by atoms with Crippen molar-refractivity contribution in [1.29, 1.82) is 0 Å². The fourth-order valence-electron chi connectivity index (χ4n) is 1.96. The average molecular weight is 234 g/mol. The minimum Gasteiger partial charge on any atom is -0.482 e. The van der Waals surface area contributed by atoms with Gasteiger partial charge in [0.05, 0.1) is 6.61 Å². The molecule has 0 heterocycles. The SMILES string of the molecule is O=C(O)COc1cccc2c1CCC(CO)=C2. The number of carbonyl (C=O) groups is 1. The Kier molecular flexibility index (Phi) is 3.44. The first-order chi connectivity index (χ1) is 8.20. The van der Waals surface area contributed by atoms with Crippen LogP contribution < -0.4 is 4.74 Å². The lowest BCUT2D eigenvalue weighted by Crippen LogP contribution is -2.12. The highest BCUT2D eigenvalue weighted by Gasteiger charge is 2.14. The maximum Gasteiger partial charge on any atom is 0.341 e. The van der Waals surface area contributed by atoms with Crippen LogP contribution in [0.15, 0.2) is 23.8 Å². The Morgan fingerprint density at radius 3 is 2.88 bits per heavy atom. The monoisotopic (exact) mass is 234 g/mol. The van der Waals surface area contributed by atoms with Crippen molar-refractivity contribution in [1.82, 2.24) is 0 Å². The Bertz CT molecular complexity index is 462. The lowest BCUT2D eigenvalue weighted by molar-refractivity contribution is -0.139. The van der Waals surface area contributed by atoms with Crippen molar-refractivity contribution in [3.05, 3.63) is 34.9 Å². The van der Waals surface area contributed by atoms with Crippen molar-refractivity contribution in [3.8, 4) is 5.75 Å². The Morgan fingerprint density at radius 1 is 1.35 bits per heavy atom. The maximum atomic E-state index is 10.5. The van der Waals surface area contributed by atoms with Crippen LogP contribution in [0.1, 0.15) is 17.5 Å². The Balaban J connectivity index is 2.26. The van der Waals surface area contributed by atoms with E-state index in [1.165, 1.54) is 0 Å². The number of ether oxygens (including phenoxy) is 1. The van der Waals surface area contributed by atoms with E-state index in [4.69, 9.17) is 14.9 Å². The van der Waals surface area contributed by atoms with Crippen LogP contribution in [-0.4, -0.2) is 29.4 Å². The van der Waals surface area contributed by atoms with Gasteiger partial charge in [-0.3, -0.25) is 0 Å². The molecule has 0 fully saturated rings. The van der Waals surface area contributed by atoms with Crippen molar-refractivity contribution in [2.24, 2.45) is 0 Å². The summed E-state index contributed by atoms with van der Waals surface area (Å²) in [6.07, 6.45) is 3.50. The molecule has 1 aromatic carbocycles. The highest BCUT2D eigenvalue weighted by atomic mass is 16.5. The second kappa shape index (κ2) is 5.01. The standard InChI is InChI=1S/C13H14O4/c14-7-9-4-5-11-10(6-9)2-1-3-12(11)17-8-13(15)16/h1-3,6,14H,4-5,7-8H2,(H,15,16). The average Bonchev–Trinajstić information content (AvgIpc) is 2.35. The third-order valence-electron chi connectivity index (χ3n) is 2.78. The summed E-state index contributed by atoms with van der Waals surface area (Å²) in [6.45, 7) is -0.257. The molecular weight excluding hydrogens is 220 g/mol. The molecule has 0 atom stereocenters. The highest BCUT2D eigenvalue weighted by Crippen LogP contribution is 2.30. The first kappa shape index (κ1) is 11.7. The first-order valence-corrected chi connectivity index (χ1v) is 5.47. The van der Waals surface area contributed by atoms with Gasteiger partial charge in [-0.05, 0) is 30.0 Å². The lowest BCUT2D eigenvalue weighted by Gasteiger charge is -2.18. The van der Waals surface area contributed by atoms with E-state index in [2.05, 4.69) is 0 Å². The summed E-state index contributed by atoms with van der Waals surface area (Å²) in [4.78, 5) is 10.5. The molecule has 0 bridgehead atoms. The third-order valence-corrected chi connectivity index (χ3v) is 2.78. The predicted octanol–water partition coefficient (Wildman–Crippen LogP) is 1.47. The van der Waals surface area contributed by atoms with Gasteiger partial charge >= 0.3 is 5.97 Å². The molecule has 4 heteroatoms. The zero-order valence-corrected chi connectivity index (χ0v) is 9.35. The number of aliphatic carboxylic acids is 1. The van der Waals surface area contributed by atoms with Crippen LogP contribution in [0, 0.1) is 0 Å². The third kappa shape index (κ3) is 2.65. The number of aliphatic hydroxyl groups excluding tert-OH is 1. The van der Waals surface area contributed by atoms with Crippen LogP contribution in [0.2, 0.25) is 0 Å². The van der Waals surface area contributed by atoms with Gasteiger partial charge < -0.3 is 14.9 Å². The molecule has 1 aliphatic carbocycles. The van der Waals surface area contributed by atoms with E-state index in [9.17, 15) is 4.79 Å². The summed E-state index contributed by atoms with van der Waals surface area (Å²) in [5.41, 5.74) is 3.02. The molecule has 0 aliphatic heterocycles. The van der Waals surface area contributed by atoms with Gasteiger partial charge in [0.2, 0.25) is 0 Å². The molecule has 0 radical (unpaired) electrons. The number of aliphatic hydroxyl groups is 1. The van der Waals surface area contributed by atoms with E-state index < -0.39 is 5.97 Å². The summed E-state index contributed by atoms with van der Waals surface area (Å²) in [5, 5.41) is 17.7. The number of hydrogen-bond donors (Lipinski definition) is 2. The number of rotatable bonds is 4. The molecule has 1 aliphatic rings. The van der Waals surface area contributed by atoms with Gasteiger partial charge in [0.15, 0.2) is 6.61 Å². The molecule has 1 aromatic rings. The fraction of sp³-hybridized carbons (Fsp3) is 0.308. The van der Waals surface area contributed by atoms with E-state index in [-0.39, 0.29) is 13.2 Å². The molecule has 2 rings (SSSR count). The number of fused-ring (bicyclic) bond motifs is 1. The minimum atomic E-state index is -0.981. The van der Waals surface area contributed by atoms with Crippen molar-refractivity contribution in [2.45, 2.75) is 12.8 Å². The van der Waals surface area contributed by atoms with Gasteiger partial charge in [0, 0.05) is 5.56 Å². The van der Waals surface area contributed by atoms with Crippen LogP contribution in [0.4, 0.5) is 0 Å². The van der Waals surface area contributed by atoms with E-state index in [0.29, 0.717) is 5.75 Å². The summed E-state index contributed by atoms with van der Waals surface area (Å²) >= 11 is 0. The van der Waals surface area contributed by atoms with Crippen molar-refractivity contribution >= 4 is 12.0 Å². The fourth-order valence-corrected chi connectivity index (χ4v) is 1.96. The zero-order valence-electron chi connectivity index (χ0n) is 9.35. The summed E-state index contributed by atoms with van der Waals surface area (Å²) in [6, 6.07) is 5.55. The van der Waals surface area contributed by atoms with E-state index in [1.807, 2.05) is 18.2 Å². The molecule has 90 valence electrons. The Labute approximate surface area is 99.2 Å². The molecule has 17 heavy (non-hydrogen) atoms. The summed E-state index contributed by atoms with van der Waals surface area (Å²) in [7, 11) is 0. The van der Waals surface area contributed by atoms with Gasteiger partial charge in [-0.15, -0.1) is 0 Å². The minimum absolute atomic E-state index is 0.0691. The van der Waals surface area contributed by atoms with Crippen LogP contribution in [0.5, 0.6) is 5.75 Å². The second-order valence-corrected chi connectivity index (χ2v) is 3.97. The number of benzene rings is 1. The van der Waals surface area contributed by atoms with E-state index >= 15 is 0 Å². The van der Waals surface area contributed by atoms with Crippen molar-refractivity contribution in [3.63, 3.8) is 0 Å². The van der Waals surface area contributed by atoms with Gasteiger partial charge in [0.25, 0.3) is 0 Å². The van der Waals surface area contributed by atoms with Crippen LogP contribution in [0.25, 0.3) is 6.08 Å². The summed E-state index contributed by atoms with van der Waals surface area (Å²) < 4.78 is 5.24. The molecule has 0 spiro atoms. The van der Waals surface area contributed by atoms with Crippen molar-refractivity contribution in [2.75, 3.05) is 13.2 Å². The number of hydrogen-bond acceptors (Lipinski definition) is 3. The smallest absolute Gasteiger partial charge is 0.341 e. The number of carboxylic acids is 1. The second-order valence-electron chi connectivity index (χ2n) is 3.97. The van der Waals surface area contributed by atoms with Crippen molar-refractivity contribution < 1.29 is 19.7 Å². The van der Waals surface area contributed by atoms with Crippen LogP contribution in [0.3, 0.4) is 0 Å². The van der Waals surface area contributed by atoms with E-state index in [1.54, 1.807) is 6.07 Å². The largest absolute Gasteiger partial charge is 0.482 e. The van der Waals surface area contributed by atoms with Gasteiger partial charge in [-0.25, -0.2) is 4.79 Å². The number of carboxylic acid groups (broad SMARTS) is 1. The predicted molar refractivity (Wildman–Crippen MR) is 63.0 cm³/mol. The van der Waals surface area contributed by atoms with Gasteiger partial charge in [-0.1, -0.05) is 18.2 Å². The molecule has 0 saturated heterocycles. The molecule has 0 saturated carbocycles. The zero-order chi connectivity index (χ0) is 12.3. The van der Waals surface area contributed by atoms with Crippen LogP contribution >= 0.6 is 0 Å². The normalized spacial score (nSPS) is 13.8. The van der Waals surface area contributed by atoms with Crippen LogP contribution in [-0.2, 0) is 11.2 Å².